The van der Waals surface area contributed by atoms with E-state index in [2.05, 4.69) is 20.5 Å². The van der Waals surface area contributed by atoms with Gasteiger partial charge in [0.1, 0.15) is 17.1 Å². The van der Waals surface area contributed by atoms with Crippen molar-refractivity contribution in [2.75, 3.05) is 12.4 Å². The molecular weight excluding hydrogens is 357 g/mol. The number of aromatic amines is 1. The molecule has 0 spiro atoms. The summed E-state index contributed by atoms with van der Waals surface area (Å²) in [5.74, 6) is 0.391. The Morgan fingerprint density at radius 3 is 2.86 bits per heavy atom. The third-order valence-corrected chi connectivity index (χ3v) is 4.01. The van der Waals surface area contributed by atoms with Crippen LogP contribution in [0, 0.1) is 6.92 Å². The Labute approximate surface area is 162 Å². The Morgan fingerprint density at radius 2 is 2.18 bits per heavy atom. The lowest BCUT2D eigenvalue weighted by molar-refractivity contribution is 0.100. The Bertz CT molecular complexity index is 1030. The molecule has 5 N–H and O–H groups in total. The first kappa shape index (κ1) is 19.2. The van der Waals surface area contributed by atoms with E-state index in [-0.39, 0.29) is 11.4 Å². The monoisotopic (exact) mass is 376 g/mol. The number of carbonyl (C=O) groups is 1. The third-order valence-electron chi connectivity index (χ3n) is 4.01. The summed E-state index contributed by atoms with van der Waals surface area (Å²) < 4.78 is 5.29. The molecule has 3 aromatic rings. The summed E-state index contributed by atoms with van der Waals surface area (Å²) in [6.45, 7) is 1.97. The van der Waals surface area contributed by atoms with Crippen LogP contribution in [0.5, 0.6) is 5.75 Å². The van der Waals surface area contributed by atoms with E-state index in [1.807, 2.05) is 31.2 Å². The second-order valence-corrected chi connectivity index (χ2v) is 6.04. The number of amides is 1. The van der Waals surface area contributed by atoms with Crippen LogP contribution in [0.4, 0.5) is 17.3 Å². The number of aromatic nitrogens is 2. The number of aliphatic imine (C=N–C) groups is 1. The van der Waals surface area contributed by atoms with Crippen molar-refractivity contribution < 1.29 is 14.6 Å². The van der Waals surface area contributed by atoms with Gasteiger partial charge in [-0.3, -0.25) is 9.89 Å². The normalized spacial score (nSPS) is 10.8. The number of ether oxygens (including phenoxy) is 1. The molecule has 0 aliphatic rings. The van der Waals surface area contributed by atoms with Gasteiger partial charge in [0.25, 0.3) is 5.91 Å². The number of nitrogens with two attached hydrogens (primary N) is 1. The number of benzene rings is 2. The van der Waals surface area contributed by atoms with Crippen LogP contribution in [0.2, 0.25) is 0 Å². The van der Waals surface area contributed by atoms with E-state index in [1.54, 1.807) is 18.2 Å². The lowest BCUT2D eigenvalue weighted by atomic mass is 9.87. The van der Waals surface area contributed by atoms with Crippen molar-refractivity contribution in [2.24, 2.45) is 10.7 Å². The topological polar surface area (TPSA) is 126 Å². The molecule has 1 heterocycles. The van der Waals surface area contributed by atoms with Crippen LogP contribution < -0.4 is 21.3 Å². The minimum atomic E-state index is -0.666. The van der Waals surface area contributed by atoms with Gasteiger partial charge in [-0.15, -0.1) is 0 Å². The van der Waals surface area contributed by atoms with Gasteiger partial charge in [-0.2, -0.15) is 5.10 Å². The van der Waals surface area contributed by atoms with E-state index in [0.717, 1.165) is 18.7 Å². The highest BCUT2D eigenvalue weighted by molar-refractivity contribution is 6.45. The van der Waals surface area contributed by atoms with Crippen LogP contribution in [0.3, 0.4) is 0 Å². The van der Waals surface area contributed by atoms with Crippen molar-refractivity contribution in [3.05, 3.63) is 59.2 Å². The molecule has 8 nitrogen and oxygen atoms in total. The highest BCUT2D eigenvalue weighted by Crippen LogP contribution is 2.27. The van der Waals surface area contributed by atoms with Crippen molar-refractivity contribution in [3.63, 3.8) is 0 Å². The molecule has 141 valence electrons. The van der Waals surface area contributed by atoms with Gasteiger partial charge in [0.2, 0.25) is 0 Å². The number of H-pyrrole nitrogens is 1. The summed E-state index contributed by atoms with van der Waals surface area (Å²) in [5.41, 5.74) is 8.72. The number of anilines is 2. The van der Waals surface area contributed by atoms with Gasteiger partial charge in [0.05, 0.1) is 7.11 Å². The van der Waals surface area contributed by atoms with Crippen LogP contribution in [-0.2, 0) is 0 Å². The minimum absolute atomic E-state index is 0.140. The van der Waals surface area contributed by atoms with Crippen LogP contribution in [0.1, 0.15) is 21.5 Å². The molecule has 0 unspecified atom stereocenters. The fraction of sp³-hybridized carbons (Fsp3) is 0.105. The number of hydrogen-bond acceptors (Lipinski definition) is 6. The van der Waals surface area contributed by atoms with Crippen molar-refractivity contribution in [2.45, 2.75) is 6.92 Å². The summed E-state index contributed by atoms with van der Waals surface area (Å²) in [7, 11) is 2.51. The highest BCUT2D eigenvalue weighted by Gasteiger charge is 2.18. The first-order chi connectivity index (χ1) is 13.5. The zero-order valence-corrected chi connectivity index (χ0v) is 15.4. The second-order valence-electron chi connectivity index (χ2n) is 6.04. The largest absolute Gasteiger partial charge is 0.496 e. The zero-order valence-electron chi connectivity index (χ0n) is 15.4. The van der Waals surface area contributed by atoms with Crippen LogP contribution in [0.25, 0.3) is 0 Å². The number of nitrogens with zero attached hydrogens (tertiary/aromatic N) is 2. The first-order valence-electron chi connectivity index (χ1n) is 8.43. The molecule has 0 bridgehead atoms. The number of rotatable bonds is 7. The van der Waals surface area contributed by atoms with E-state index in [0.29, 0.717) is 22.6 Å². The number of aryl methyl sites for hydroxylation is 1. The molecule has 1 aromatic heterocycles. The Kier molecular flexibility index (Phi) is 5.76. The molecule has 1 radical (unpaired) electrons. The molecule has 0 saturated heterocycles. The Morgan fingerprint density at radius 1 is 1.36 bits per heavy atom. The maximum absolute atomic E-state index is 12.0. The Hall–Kier alpha value is -3.59. The predicted octanol–water partition coefficient (Wildman–Crippen LogP) is 1.56. The highest BCUT2D eigenvalue weighted by atomic mass is 16.5. The van der Waals surface area contributed by atoms with Gasteiger partial charge in [-0.1, -0.05) is 29.7 Å². The zero-order chi connectivity index (χ0) is 20.1. The molecule has 1 amide bonds. The first-order valence-corrected chi connectivity index (χ1v) is 8.43. The van der Waals surface area contributed by atoms with Crippen molar-refractivity contribution in [1.82, 2.24) is 10.2 Å². The molecule has 0 atom stereocenters. The summed E-state index contributed by atoms with van der Waals surface area (Å²) >= 11 is 0. The maximum Gasteiger partial charge on any atom is 0.326 e. The van der Waals surface area contributed by atoms with Crippen molar-refractivity contribution in [3.8, 4) is 5.75 Å². The number of hydrogen-bond donors (Lipinski definition) is 4. The van der Waals surface area contributed by atoms with Crippen LogP contribution in [-0.4, -0.2) is 41.9 Å². The van der Waals surface area contributed by atoms with Gasteiger partial charge in [-0.05, 0) is 30.7 Å². The Balaban J connectivity index is 1.94. The lowest BCUT2D eigenvalue weighted by Gasteiger charge is -2.06. The summed E-state index contributed by atoms with van der Waals surface area (Å²) in [6, 6.07) is 12.7. The summed E-state index contributed by atoms with van der Waals surface area (Å²) in [6.07, 6.45) is 1.49. The number of methoxy groups -OCH3 is 1. The molecule has 2 aromatic carbocycles. The van der Waals surface area contributed by atoms with Crippen LogP contribution >= 0.6 is 0 Å². The van der Waals surface area contributed by atoms with Gasteiger partial charge in [-0.25, -0.2) is 4.99 Å². The molecule has 0 aliphatic heterocycles. The number of carbonyl (C=O) groups excluding carboxylic acids is 1. The fourth-order valence-electron chi connectivity index (χ4n) is 2.68. The third kappa shape index (κ3) is 4.21. The van der Waals surface area contributed by atoms with E-state index in [4.69, 9.17) is 10.5 Å². The molecular formula is C19H19BN5O3. The average molecular weight is 376 g/mol. The van der Waals surface area contributed by atoms with Crippen molar-refractivity contribution >= 4 is 42.4 Å². The van der Waals surface area contributed by atoms with Gasteiger partial charge in [0.15, 0.2) is 5.82 Å². The standard InChI is InChI=1S/C19H19BN5O3/c1-11-4-3-5-14(8-11)23-19-16(17(21)26)18(24-25-19)22-10-12-9-13(20-27)6-7-15(12)28-2/h3-10,27H,1-2H3,(H2,21,26)(H2,23,24,25). The van der Waals surface area contributed by atoms with E-state index in [1.165, 1.54) is 13.3 Å². The van der Waals surface area contributed by atoms with E-state index in [9.17, 15) is 9.82 Å². The molecule has 3 rings (SSSR count). The molecule has 9 heteroatoms. The van der Waals surface area contributed by atoms with Crippen LogP contribution in [0.15, 0.2) is 47.5 Å². The summed E-state index contributed by atoms with van der Waals surface area (Å²) in [4.78, 5) is 16.3. The van der Waals surface area contributed by atoms with Gasteiger partial charge in [0, 0.05) is 17.5 Å². The summed E-state index contributed by atoms with van der Waals surface area (Å²) in [5, 5.41) is 19.1. The number of primary amides is 1. The fourth-order valence-corrected chi connectivity index (χ4v) is 2.68. The number of nitrogens with one attached hydrogen (secondary N) is 2. The van der Waals surface area contributed by atoms with Gasteiger partial charge < -0.3 is 20.8 Å². The smallest absolute Gasteiger partial charge is 0.326 e. The molecule has 0 fully saturated rings. The predicted molar refractivity (Wildman–Crippen MR) is 109 cm³/mol. The van der Waals surface area contributed by atoms with E-state index >= 15 is 0 Å². The minimum Gasteiger partial charge on any atom is -0.496 e. The lowest BCUT2D eigenvalue weighted by Crippen LogP contribution is -2.14. The molecule has 0 aliphatic carbocycles. The van der Waals surface area contributed by atoms with E-state index < -0.39 is 5.91 Å². The maximum atomic E-state index is 12.0. The van der Waals surface area contributed by atoms with Crippen molar-refractivity contribution in [1.29, 1.82) is 0 Å². The molecule has 28 heavy (non-hydrogen) atoms. The SMILES string of the molecule is COc1ccc([B]O)cc1C=Nc1n[nH]c(Nc2cccc(C)c2)c1C(N)=O. The average Bonchev–Trinajstić information content (AvgIpc) is 3.08. The van der Waals surface area contributed by atoms with Gasteiger partial charge >= 0.3 is 7.48 Å². The second kappa shape index (κ2) is 8.40. The molecule has 0 saturated carbocycles. The quantitative estimate of drug-likeness (QED) is 0.368.